The first kappa shape index (κ1) is 22.0. The molecular weight excluding hydrogens is 419 g/mol. The van der Waals surface area contributed by atoms with Crippen molar-refractivity contribution in [1.82, 2.24) is 14.8 Å². The number of benzene rings is 2. The van der Waals surface area contributed by atoms with E-state index in [0.717, 1.165) is 28.1 Å². The Hall–Kier alpha value is -4.26. The predicted molar refractivity (Wildman–Crippen MR) is 126 cm³/mol. The number of hydrogen-bond donors (Lipinski definition) is 2. The first-order valence-electron chi connectivity index (χ1n) is 10.4. The van der Waals surface area contributed by atoms with Crippen molar-refractivity contribution in [3.05, 3.63) is 101 Å². The summed E-state index contributed by atoms with van der Waals surface area (Å²) in [7, 11) is 1.80. The van der Waals surface area contributed by atoms with Crippen LogP contribution in [-0.2, 0) is 18.3 Å². The van der Waals surface area contributed by atoms with E-state index in [0.29, 0.717) is 17.8 Å². The van der Waals surface area contributed by atoms with Gasteiger partial charge in [-0.15, -0.1) is 0 Å². The van der Waals surface area contributed by atoms with Gasteiger partial charge >= 0.3 is 0 Å². The fourth-order valence-corrected chi connectivity index (χ4v) is 3.52. The van der Waals surface area contributed by atoms with Crippen LogP contribution in [0.4, 0.5) is 10.1 Å². The van der Waals surface area contributed by atoms with Gasteiger partial charge in [-0.3, -0.25) is 14.5 Å². The highest BCUT2D eigenvalue weighted by Crippen LogP contribution is 2.24. The number of rotatable bonds is 6. The normalized spacial score (nSPS) is 11.1. The van der Waals surface area contributed by atoms with Crippen LogP contribution in [0.2, 0.25) is 0 Å². The van der Waals surface area contributed by atoms with E-state index in [1.807, 2.05) is 31.2 Å². The molecule has 0 aliphatic carbocycles. The SMILES string of the molecule is Cc1ccc(O)c(Cc2ccc(NC(=O)C=Cc3cnn(C)c3-c3ccc(F)cc3)cc2)n1. The molecule has 166 valence electrons. The Labute approximate surface area is 191 Å². The molecule has 33 heavy (non-hydrogen) atoms. The summed E-state index contributed by atoms with van der Waals surface area (Å²) in [5.41, 5.74) is 5.42. The van der Waals surface area contributed by atoms with Crippen LogP contribution >= 0.6 is 0 Å². The van der Waals surface area contributed by atoms with Crippen molar-refractivity contribution in [3.8, 4) is 17.0 Å². The molecule has 0 radical (unpaired) electrons. The van der Waals surface area contributed by atoms with Crippen molar-refractivity contribution in [3.63, 3.8) is 0 Å². The second-order valence-corrected chi connectivity index (χ2v) is 7.69. The van der Waals surface area contributed by atoms with Crippen LogP contribution in [0.15, 0.2) is 72.9 Å². The first-order chi connectivity index (χ1) is 15.9. The quantitative estimate of drug-likeness (QED) is 0.417. The van der Waals surface area contributed by atoms with Crippen LogP contribution in [0, 0.1) is 12.7 Å². The Bertz CT molecular complexity index is 1310. The smallest absolute Gasteiger partial charge is 0.248 e. The number of carbonyl (C=O) groups excluding carboxylic acids is 1. The van der Waals surface area contributed by atoms with Crippen LogP contribution in [0.25, 0.3) is 17.3 Å². The lowest BCUT2D eigenvalue weighted by atomic mass is 10.1. The fraction of sp³-hybridized carbons (Fsp3) is 0.115. The summed E-state index contributed by atoms with van der Waals surface area (Å²) in [6, 6.07) is 16.9. The highest BCUT2D eigenvalue weighted by molar-refractivity contribution is 6.02. The van der Waals surface area contributed by atoms with Crippen LogP contribution in [-0.4, -0.2) is 25.8 Å². The largest absolute Gasteiger partial charge is 0.506 e. The Morgan fingerprint density at radius 3 is 2.55 bits per heavy atom. The molecule has 4 rings (SSSR count). The molecule has 0 aliphatic heterocycles. The minimum Gasteiger partial charge on any atom is -0.506 e. The Balaban J connectivity index is 1.42. The van der Waals surface area contributed by atoms with Gasteiger partial charge in [-0.25, -0.2) is 4.39 Å². The zero-order valence-electron chi connectivity index (χ0n) is 18.3. The molecule has 0 unspecified atom stereocenters. The molecule has 0 aliphatic rings. The van der Waals surface area contributed by atoms with Gasteiger partial charge in [-0.2, -0.15) is 5.10 Å². The molecule has 2 heterocycles. The molecule has 4 aromatic rings. The number of carbonyl (C=O) groups is 1. The first-order valence-corrected chi connectivity index (χ1v) is 10.4. The van der Waals surface area contributed by atoms with Crippen molar-refractivity contribution in [2.75, 3.05) is 5.32 Å². The van der Waals surface area contributed by atoms with Crippen molar-refractivity contribution in [2.24, 2.45) is 7.05 Å². The third-order valence-electron chi connectivity index (χ3n) is 5.18. The molecule has 0 saturated carbocycles. The Morgan fingerprint density at radius 1 is 1.09 bits per heavy atom. The summed E-state index contributed by atoms with van der Waals surface area (Å²) in [6.45, 7) is 1.88. The van der Waals surface area contributed by atoms with E-state index >= 15 is 0 Å². The number of nitrogens with zero attached hydrogens (tertiary/aromatic N) is 3. The lowest BCUT2D eigenvalue weighted by molar-refractivity contribution is -0.111. The highest BCUT2D eigenvalue weighted by atomic mass is 19.1. The average molecular weight is 442 g/mol. The van der Waals surface area contributed by atoms with E-state index < -0.39 is 0 Å². The van der Waals surface area contributed by atoms with E-state index in [9.17, 15) is 14.3 Å². The molecule has 0 fully saturated rings. The molecule has 2 aromatic carbocycles. The Kier molecular flexibility index (Phi) is 6.31. The maximum atomic E-state index is 13.3. The summed E-state index contributed by atoms with van der Waals surface area (Å²) >= 11 is 0. The van der Waals surface area contributed by atoms with Crippen LogP contribution in [0.1, 0.15) is 22.5 Å². The van der Waals surface area contributed by atoms with Crippen molar-refractivity contribution in [1.29, 1.82) is 0 Å². The van der Waals surface area contributed by atoms with E-state index in [-0.39, 0.29) is 17.5 Å². The summed E-state index contributed by atoms with van der Waals surface area (Å²) in [4.78, 5) is 16.8. The number of pyridine rings is 1. The zero-order chi connectivity index (χ0) is 23.4. The molecule has 2 N–H and O–H groups in total. The number of hydrogen-bond acceptors (Lipinski definition) is 4. The minimum atomic E-state index is -0.310. The molecule has 0 spiro atoms. The van der Waals surface area contributed by atoms with Gasteiger partial charge in [0.1, 0.15) is 11.6 Å². The van der Waals surface area contributed by atoms with Gasteiger partial charge in [0, 0.05) is 42.1 Å². The summed E-state index contributed by atoms with van der Waals surface area (Å²) in [6.07, 6.45) is 5.27. The molecule has 7 heteroatoms. The number of anilines is 1. The molecule has 0 bridgehead atoms. The molecule has 2 aromatic heterocycles. The summed E-state index contributed by atoms with van der Waals surface area (Å²) < 4.78 is 14.9. The van der Waals surface area contributed by atoms with Gasteiger partial charge in [-0.1, -0.05) is 12.1 Å². The lowest BCUT2D eigenvalue weighted by Crippen LogP contribution is -2.07. The average Bonchev–Trinajstić information content (AvgIpc) is 3.17. The van der Waals surface area contributed by atoms with Crippen LogP contribution in [0.3, 0.4) is 0 Å². The molecule has 6 nitrogen and oxygen atoms in total. The van der Waals surface area contributed by atoms with E-state index in [4.69, 9.17) is 0 Å². The summed E-state index contributed by atoms with van der Waals surface area (Å²) in [5.74, 6) is -0.427. The van der Waals surface area contributed by atoms with Gasteiger partial charge in [0.05, 0.1) is 17.6 Å². The van der Waals surface area contributed by atoms with Gasteiger partial charge in [0.2, 0.25) is 5.91 Å². The number of amides is 1. The van der Waals surface area contributed by atoms with Crippen LogP contribution in [0.5, 0.6) is 5.75 Å². The lowest BCUT2D eigenvalue weighted by Gasteiger charge is -2.07. The van der Waals surface area contributed by atoms with Gasteiger partial charge in [-0.05, 0) is 67.1 Å². The fourth-order valence-electron chi connectivity index (χ4n) is 3.52. The van der Waals surface area contributed by atoms with E-state index in [1.54, 1.807) is 48.3 Å². The number of aromatic hydroxyl groups is 1. The second-order valence-electron chi connectivity index (χ2n) is 7.69. The second kappa shape index (κ2) is 9.48. The van der Waals surface area contributed by atoms with Gasteiger partial charge < -0.3 is 10.4 Å². The number of halogens is 1. The molecular formula is C26H23FN4O2. The standard InChI is InChI=1S/C26H23FN4O2/c1-17-3-13-24(32)23(29-17)15-18-4-11-22(12-5-18)30-25(33)14-8-20-16-28-31(2)26(20)19-6-9-21(27)10-7-19/h3-14,16,32H,15H2,1-2H3,(H,30,33). The van der Waals surface area contributed by atoms with Gasteiger partial charge in [0.25, 0.3) is 0 Å². The monoisotopic (exact) mass is 442 g/mol. The van der Waals surface area contributed by atoms with Gasteiger partial charge in [0.15, 0.2) is 0 Å². The highest BCUT2D eigenvalue weighted by Gasteiger charge is 2.10. The predicted octanol–water partition coefficient (Wildman–Crippen LogP) is 4.88. The zero-order valence-corrected chi connectivity index (χ0v) is 18.3. The third kappa shape index (κ3) is 5.33. The minimum absolute atomic E-state index is 0.165. The van der Waals surface area contributed by atoms with Crippen molar-refractivity contribution in [2.45, 2.75) is 13.3 Å². The maximum Gasteiger partial charge on any atom is 0.248 e. The van der Waals surface area contributed by atoms with Crippen LogP contribution < -0.4 is 5.32 Å². The number of aromatic nitrogens is 3. The molecule has 0 atom stereocenters. The number of aryl methyl sites for hydroxylation is 2. The summed E-state index contributed by atoms with van der Waals surface area (Å²) in [5, 5.41) is 17.1. The molecule has 0 saturated heterocycles. The maximum absolute atomic E-state index is 13.3. The van der Waals surface area contributed by atoms with E-state index in [1.165, 1.54) is 18.2 Å². The molecule has 1 amide bonds. The third-order valence-corrected chi connectivity index (χ3v) is 5.18. The van der Waals surface area contributed by atoms with Crippen molar-refractivity contribution >= 4 is 17.7 Å². The topological polar surface area (TPSA) is 80.0 Å². The Morgan fingerprint density at radius 2 is 1.82 bits per heavy atom. The van der Waals surface area contributed by atoms with Crippen molar-refractivity contribution < 1.29 is 14.3 Å². The number of nitrogens with one attached hydrogen (secondary N) is 1. The van der Waals surface area contributed by atoms with E-state index in [2.05, 4.69) is 15.4 Å².